The highest BCUT2D eigenvalue weighted by molar-refractivity contribution is 6.32. The van der Waals surface area contributed by atoms with E-state index in [1.807, 2.05) is 17.9 Å². The fourth-order valence-corrected chi connectivity index (χ4v) is 3.24. The number of nitriles is 1. The van der Waals surface area contributed by atoms with Crippen molar-refractivity contribution in [1.82, 2.24) is 9.80 Å². The standard InChI is InChI=1S/C18H23ClN4O2/c1-12(23-8-4-5-14(11-23)18(25)22(2)3)17(24)21-15-7-6-13(10-20)16(19)9-15/h6-7,9,12,14H,4-5,8,11H2,1-3H3,(H,21,24). The lowest BCUT2D eigenvalue weighted by Crippen LogP contribution is -2.49. The van der Waals surface area contributed by atoms with E-state index in [0.29, 0.717) is 22.8 Å². The number of piperidine rings is 1. The maximum Gasteiger partial charge on any atom is 0.241 e. The van der Waals surface area contributed by atoms with E-state index < -0.39 is 0 Å². The monoisotopic (exact) mass is 362 g/mol. The average molecular weight is 363 g/mol. The number of benzene rings is 1. The van der Waals surface area contributed by atoms with E-state index in [2.05, 4.69) is 5.32 Å². The minimum Gasteiger partial charge on any atom is -0.349 e. The summed E-state index contributed by atoms with van der Waals surface area (Å²) in [5.74, 6) is -0.113. The molecule has 6 nitrogen and oxygen atoms in total. The molecule has 7 heteroatoms. The second kappa shape index (κ2) is 8.32. The normalized spacial score (nSPS) is 18.9. The fraction of sp³-hybridized carbons (Fsp3) is 0.500. The van der Waals surface area contributed by atoms with Gasteiger partial charge in [0.05, 0.1) is 22.5 Å². The Kier molecular flexibility index (Phi) is 6.40. The highest BCUT2D eigenvalue weighted by Crippen LogP contribution is 2.23. The predicted octanol–water partition coefficient (Wildman–Crippen LogP) is 2.34. The molecule has 2 rings (SSSR count). The summed E-state index contributed by atoms with van der Waals surface area (Å²) in [6, 6.07) is 6.44. The molecular weight excluding hydrogens is 340 g/mol. The van der Waals surface area contributed by atoms with Crippen LogP contribution in [0.4, 0.5) is 5.69 Å². The van der Waals surface area contributed by atoms with Crippen molar-refractivity contribution in [2.45, 2.75) is 25.8 Å². The van der Waals surface area contributed by atoms with Crippen molar-refractivity contribution in [1.29, 1.82) is 5.26 Å². The van der Waals surface area contributed by atoms with Gasteiger partial charge in [0.1, 0.15) is 6.07 Å². The van der Waals surface area contributed by atoms with Gasteiger partial charge in [-0.3, -0.25) is 14.5 Å². The Labute approximate surface area is 153 Å². The average Bonchev–Trinajstić information content (AvgIpc) is 2.60. The van der Waals surface area contributed by atoms with E-state index in [4.69, 9.17) is 16.9 Å². The van der Waals surface area contributed by atoms with Crippen LogP contribution in [0, 0.1) is 17.2 Å². The Bertz CT molecular complexity index is 699. The molecule has 0 saturated carbocycles. The van der Waals surface area contributed by atoms with Crippen molar-refractivity contribution >= 4 is 29.1 Å². The zero-order valence-electron chi connectivity index (χ0n) is 14.8. The fourth-order valence-electron chi connectivity index (χ4n) is 3.02. The first-order valence-electron chi connectivity index (χ1n) is 8.29. The molecule has 1 aliphatic heterocycles. The molecule has 0 radical (unpaired) electrons. The van der Waals surface area contributed by atoms with E-state index in [1.165, 1.54) is 0 Å². The van der Waals surface area contributed by atoms with Crippen LogP contribution in [0.5, 0.6) is 0 Å². The van der Waals surface area contributed by atoms with Gasteiger partial charge in [-0.05, 0) is 44.5 Å². The van der Waals surface area contributed by atoms with Crippen LogP contribution in [0.1, 0.15) is 25.3 Å². The zero-order chi connectivity index (χ0) is 18.6. The van der Waals surface area contributed by atoms with Crippen LogP contribution in [0.25, 0.3) is 0 Å². The Balaban J connectivity index is 2.00. The largest absolute Gasteiger partial charge is 0.349 e. The molecule has 0 aromatic heterocycles. The number of carbonyl (C=O) groups is 2. The van der Waals surface area contributed by atoms with E-state index in [0.717, 1.165) is 19.4 Å². The highest BCUT2D eigenvalue weighted by atomic mass is 35.5. The van der Waals surface area contributed by atoms with Crippen LogP contribution >= 0.6 is 11.6 Å². The van der Waals surface area contributed by atoms with Crippen LogP contribution in [-0.4, -0.2) is 54.8 Å². The van der Waals surface area contributed by atoms with Gasteiger partial charge in [0.25, 0.3) is 0 Å². The molecule has 1 N–H and O–H groups in total. The number of nitrogens with zero attached hydrogens (tertiary/aromatic N) is 3. The van der Waals surface area contributed by atoms with Crippen LogP contribution in [-0.2, 0) is 9.59 Å². The third-order valence-corrected chi connectivity index (χ3v) is 4.84. The summed E-state index contributed by atoms with van der Waals surface area (Å²) in [4.78, 5) is 28.4. The molecule has 2 amide bonds. The maximum absolute atomic E-state index is 12.5. The van der Waals surface area contributed by atoms with Crippen LogP contribution in [0.2, 0.25) is 5.02 Å². The molecule has 1 aromatic rings. The van der Waals surface area contributed by atoms with Gasteiger partial charge in [-0.25, -0.2) is 0 Å². The van der Waals surface area contributed by atoms with Crippen molar-refractivity contribution in [3.05, 3.63) is 28.8 Å². The van der Waals surface area contributed by atoms with Crippen molar-refractivity contribution in [2.75, 3.05) is 32.5 Å². The smallest absolute Gasteiger partial charge is 0.241 e. The van der Waals surface area contributed by atoms with Gasteiger partial charge < -0.3 is 10.2 Å². The number of halogens is 1. The Morgan fingerprint density at radius 2 is 2.16 bits per heavy atom. The number of anilines is 1. The lowest BCUT2D eigenvalue weighted by Gasteiger charge is -2.36. The van der Waals surface area contributed by atoms with Crippen molar-refractivity contribution in [3.63, 3.8) is 0 Å². The van der Waals surface area contributed by atoms with E-state index in [9.17, 15) is 9.59 Å². The summed E-state index contributed by atoms with van der Waals surface area (Å²) in [6.45, 7) is 3.21. The zero-order valence-corrected chi connectivity index (χ0v) is 15.5. The highest BCUT2D eigenvalue weighted by Gasteiger charge is 2.31. The van der Waals surface area contributed by atoms with E-state index in [-0.39, 0.29) is 23.8 Å². The molecule has 25 heavy (non-hydrogen) atoms. The predicted molar refractivity (Wildman–Crippen MR) is 97.2 cm³/mol. The summed E-state index contributed by atoms with van der Waals surface area (Å²) in [5.41, 5.74) is 0.924. The second-order valence-electron chi connectivity index (χ2n) is 6.54. The maximum atomic E-state index is 12.5. The summed E-state index contributed by atoms with van der Waals surface area (Å²) in [5, 5.41) is 12.0. The first-order chi connectivity index (χ1) is 11.8. The minimum absolute atomic E-state index is 0.0663. The van der Waals surface area contributed by atoms with Gasteiger partial charge in [0.2, 0.25) is 11.8 Å². The molecule has 134 valence electrons. The van der Waals surface area contributed by atoms with Crippen LogP contribution in [0.3, 0.4) is 0 Å². The van der Waals surface area contributed by atoms with Crippen molar-refractivity contribution in [2.24, 2.45) is 5.92 Å². The number of hydrogen-bond donors (Lipinski definition) is 1. The summed E-state index contributed by atoms with van der Waals surface area (Å²) in [7, 11) is 3.51. The van der Waals surface area contributed by atoms with Gasteiger partial charge in [-0.1, -0.05) is 11.6 Å². The minimum atomic E-state index is -0.354. The molecule has 1 heterocycles. The number of hydrogen-bond acceptors (Lipinski definition) is 4. The van der Waals surface area contributed by atoms with Crippen molar-refractivity contribution in [3.8, 4) is 6.07 Å². The quantitative estimate of drug-likeness (QED) is 0.891. The summed E-state index contributed by atoms with van der Waals surface area (Å²) >= 11 is 6.00. The van der Waals surface area contributed by atoms with Gasteiger partial charge in [0, 0.05) is 26.3 Å². The Morgan fingerprint density at radius 1 is 1.44 bits per heavy atom. The molecule has 0 spiro atoms. The molecule has 1 aromatic carbocycles. The molecular formula is C18H23ClN4O2. The second-order valence-corrected chi connectivity index (χ2v) is 6.95. The van der Waals surface area contributed by atoms with Crippen molar-refractivity contribution < 1.29 is 9.59 Å². The number of rotatable bonds is 4. The van der Waals surface area contributed by atoms with Gasteiger partial charge in [-0.2, -0.15) is 5.26 Å². The lowest BCUT2D eigenvalue weighted by molar-refractivity contribution is -0.136. The summed E-state index contributed by atoms with van der Waals surface area (Å²) in [6.07, 6.45) is 1.75. The Morgan fingerprint density at radius 3 is 2.76 bits per heavy atom. The third-order valence-electron chi connectivity index (χ3n) is 4.53. The van der Waals surface area contributed by atoms with E-state index >= 15 is 0 Å². The SMILES string of the molecule is CC(C(=O)Nc1ccc(C#N)c(Cl)c1)N1CCCC(C(=O)N(C)C)C1. The molecule has 2 atom stereocenters. The first kappa shape index (κ1) is 19.2. The molecule has 0 aliphatic carbocycles. The molecule has 0 bridgehead atoms. The summed E-state index contributed by atoms with van der Waals surface area (Å²) < 4.78 is 0. The molecule has 1 aliphatic rings. The molecule has 1 fully saturated rings. The number of amides is 2. The first-order valence-corrected chi connectivity index (χ1v) is 8.67. The van der Waals surface area contributed by atoms with Gasteiger partial charge in [-0.15, -0.1) is 0 Å². The van der Waals surface area contributed by atoms with Crippen LogP contribution < -0.4 is 5.32 Å². The number of likely N-dealkylation sites (tertiary alicyclic amines) is 1. The number of carbonyl (C=O) groups excluding carboxylic acids is 2. The topological polar surface area (TPSA) is 76.4 Å². The van der Waals surface area contributed by atoms with Crippen LogP contribution in [0.15, 0.2) is 18.2 Å². The van der Waals surface area contributed by atoms with Gasteiger partial charge in [0.15, 0.2) is 0 Å². The Hall–Kier alpha value is -2.10. The third kappa shape index (κ3) is 4.71. The molecule has 2 unspecified atom stereocenters. The van der Waals surface area contributed by atoms with E-state index in [1.54, 1.807) is 37.2 Å². The molecule has 1 saturated heterocycles. The number of nitrogens with one attached hydrogen (secondary N) is 1. The van der Waals surface area contributed by atoms with Gasteiger partial charge >= 0.3 is 0 Å². The lowest BCUT2D eigenvalue weighted by atomic mass is 9.95.